The molecule has 0 aliphatic rings. The fourth-order valence-electron chi connectivity index (χ4n) is 4.94. The molecular formula is C33H30BrFN4O. The molecule has 202 valence electrons. The van der Waals surface area contributed by atoms with Crippen molar-refractivity contribution in [1.82, 2.24) is 14.4 Å². The molecule has 7 heteroatoms. The van der Waals surface area contributed by atoms with Gasteiger partial charge < -0.3 is 26.9 Å². The highest BCUT2D eigenvalue weighted by Crippen LogP contribution is 2.24. The minimum atomic E-state index is -0.355. The molecule has 5 nitrogen and oxygen atoms in total. The van der Waals surface area contributed by atoms with Gasteiger partial charge in [0.05, 0.1) is 25.7 Å². The number of benzene rings is 4. The van der Waals surface area contributed by atoms with Gasteiger partial charge in [0, 0.05) is 29.6 Å². The van der Waals surface area contributed by atoms with Gasteiger partial charge in [-0.05, 0) is 59.7 Å². The number of hydrogen-bond donors (Lipinski definition) is 1. The minimum Gasteiger partial charge on any atom is -1.00 e. The van der Waals surface area contributed by atoms with Crippen molar-refractivity contribution in [1.29, 1.82) is 5.26 Å². The van der Waals surface area contributed by atoms with Crippen LogP contribution in [0.5, 0.6) is 0 Å². The second-order valence-electron chi connectivity index (χ2n) is 10.3. The van der Waals surface area contributed by atoms with Crippen LogP contribution in [0.2, 0.25) is 0 Å². The summed E-state index contributed by atoms with van der Waals surface area (Å²) in [5.41, 5.74) is 6.07. The molecule has 0 aliphatic heterocycles. The van der Waals surface area contributed by atoms with Crippen LogP contribution >= 0.6 is 0 Å². The number of nitriles is 1. The molecule has 0 unspecified atom stereocenters. The van der Waals surface area contributed by atoms with Gasteiger partial charge in [0.25, 0.3) is 5.91 Å². The van der Waals surface area contributed by atoms with Crippen molar-refractivity contribution < 1.29 is 26.2 Å². The van der Waals surface area contributed by atoms with Crippen LogP contribution in [0.1, 0.15) is 32.7 Å². The van der Waals surface area contributed by atoms with E-state index in [0.717, 1.165) is 23.2 Å². The Balaban J connectivity index is 0.00000370. The normalized spacial score (nSPS) is 11.1. The zero-order valence-electron chi connectivity index (χ0n) is 22.4. The molecule has 5 rings (SSSR count). The summed E-state index contributed by atoms with van der Waals surface area (Å²) in [6.07, 6.45) is 0. The topological polar surface area (TPSA) is 57.8 Å². The Morgan fingerprint density at radius 3 is 2.33 bits per heavy atom. The van der Waals surface area contributed by atoms with E-state index in [2.05, 4.69) is 61.9 Å². The molecule has 5 aromatic rings. The molecule has 0 aliphatic carbocycles. The quantitative estimate of drug-likeness (QED) is 0.279. The number of amides is 1. The van der Waals surface area contributed by atoms with Crippen LogP contribution in [-0.4, -0.2) is 24.6 Å². The molecule has 0 saturated heterocycles. The van der Waals surface area contributed by atoms with Gasteiger partial charge >= 0.3 is 0 Å². The van der Waals surface area contributed by atoms with Crippen LogP contribution in [0.15, 0.2) is 103 Å². The van der Waals surface area contributed by atoms with Crippen LogP contribution in [0, 0.1) is 17.1 Å². The number of quaternary nitrogens is 1. The van der Waals surface area contributed by atoms with Crippen molar-refractivity contribution in [2.45, 2.75) is 19.6 Å². The molecule has 0 spiro atoms. The Morgan fingerprint density at radius 1 is 0.875 bits per heavy atom. The Bertz CT molecular complexity index is 1670. The van der Waals surface area contributed by atoms with E-state index >= 15 is 0 Å². The van der Waals surface area contributed by atoms with Crippen molar-refractivity contribution in [3.8, 4) is 6.07 Å². The molecule has 0 bridgehead atoms. The average molecular weight is 598 g/mol. The van der Waals surface area contributed by atoms with Gasteiger partial charge in [-0.25, -0.2) is 4.39 Å². The Labute approximate surface area is 244 Å². The van der Waals surface area contributed by atoms with E-state index in [4.69, 9.17) is 0 Å². The van der Waals surface area contributed by atoms with Crippen LogP contribution in [0.3, 0.4) is 0 Å². The molecule has 1 amide bonds. The van der Waals surface area contributed by atoms with Gasteiger partial charge in [-0.2, -0.15) is 5.26 Å². The third kappa shape index (κ3) is 6.48. The first kappa shape index (κ1) is 28.8. The number of nitrogens with one attached hydrogen (secondary N) is 1. The molecule has 0 saturated carbocycles. The fraction of sp³-hybridized carbons (Fsp3) is 0.152. The third-order valence-corrected chi connectivity index (χ3v) is 7.00. The summed E-state index contributed by atoms with van der Waals surface area (Å²) >= 11 is 0. The highest BCUT2D eigenvalue weighted by molar-refractivity contribution is 5.98. The number of aromatic nitrogens is 1. The van der Waals surface area contributed by atoms with E-state index in [1.165, 1.54) is 23.4 Å². The van der Waals surface area contributed by atoms with Crippen LogP contribution in [0.4, 0.5) is 10.1 Å². The monoisotopic (exact) mass is 596 g/mol. The van der Waals surface area contributed by atoms with Gasteiger partial charge in [-0.1, -0.05) is 54.6 Å². The Morgan fingerprint density at radius 2 is 1.60 bits per heavy atom. The van der Waals surface area contributed by atoms with Crippen molar-refractivity contribution in [2.24, 2.45) is 0 Å². The highest BCUT2D eigenvalue weighted by Gasteiger charge is 2.20. The molecule has 4 aromatic carbocycles. The summed E-state index contributed by atoms with van der Waals surface area (Å²) in [5.74, 6) is -0.598. The lowest BCUT2D eigenvalue weighted by atomic mass is 10.1. The van der Waals surface area contributed by atoms with Crippen molar-refractivity contribution in [3.05, 3.63) is 137 Å². The number of carbonyl (C=O) groups excluding carboxylic acids is 1. The molecule has 1 heterocycles. The summed E-state index contributed by atoms with van der Waals surface area (Å²) in [5, 5.41) is 13.0. The average Bonchev–Trinajstić information content (AvgIpc) is 3.29. The van der Waals surface area contributed by atoms with Gasteiger partial charge in [0.2, 0.25) is 0 Å². The number of carbonyl (C=O) groups is 1. The lowest BCUT2D eigenvalue weighted by Crippen LogP contribution is -3.00. The first-order valence-electron chi connectivity index (χ1n) is 12.8. The Kier molecular flexibility index (Phi) is 8.83. The van der Waals surface area contributed by atoms with Gasteiger partial charge in [-0.15, -0.1) is 0 Å². The largest absolute Gasteiger partial charge is 1.00 e. The van der Waals surface area contributed by atoms with E-state index in [0.29, 0.717) is 34.2 Å². The van der Waals surface area contributed by atoms with Crippen molar-refractivity contribution in [2.75, 3.05) is 14.1 Å². The van der Waals surface area contributed by atoms with Gasteiger partial charge in [-0.3, -0.25) is 9.28 Å². The first-order valence-corrected chi connectivity index (χ1v) is 12.8. The zero-order valence-corrected chi connectivity index (χ0v) is 24.0. The smallest absolute Gasteiger partial charge is 0.268 e. The van der Waals surface area contributed by atoms with Gasteiger partial charge in [0.1, 0.15) is 23.7 Å². The summed E-state index contributed by atoms with van der Waals surface area (Å²) < 4.78 is 16.5. The number of halogens is 2. The lowest BCUT2D eigenvalue weighted by molar-refractivity contribution is -0.0000171. The van der Waals surface area contributed by atoms with Crippen molar-refractivity contribution >= 4 is 22.5 Å². The maximum atomic E-state index is 14.0. The molecule has 0 fully saturated rings. The summed E-state index contributed by atoms with van der Waals surface area (Å²) in [7, 11) is 4.36. The minimum absolute atomic E-state index is 0. The second kappa shape index (κ2) is 12.3. The number of rotatable bonds is 8. The molecule has 1 N–H and O–H groups in total. The van der Waals surface area contributed by atoms with E-state index in [-0.39, 0.29) is 28.7 Å². The van der Waals surface area contributed by atoms with Crippen molar-refractivity contribution in [3.63, 3.8) is 0 Å². The van der Waals surface area contributed by atoms with Crippen LogP contribution in [0.25, 0.3) is 10.9 Å². The van der Waals surface area contributed by atoms with E-state index in [9.17, 15) is 14.4 Å². The summed E-state index contributed by atoms with van der Waals surface area (Å²) in [6.45, 7) is 1.63. The maximum Gasteiger partial charge on any atom is 0.268 e. The molecule has 0 radical (unpaired) electrons. The molecule has 40 heavy (non-hydrogen) atoms. The molecular weight excluding hydrogens is 567 g/mol. The first-order chi connectivity index (χ1) is 18.8. The maximum absolute atomic E-state index is 14.0. The molecule has 0 atom stereocenters. The van der Waals surface area contributed by atoms with E-state index < -0.39 is 0 Å². The second-order valence-corrected chi connectivity index (χ2v) is 10.3. The summed E-state index contributed by atoms with van der Waals surface area (Å²) in [4.78, 5) is 13.4. The predicted octanol–water partition coefficient (Wildman–Crippen LogP) is 3.40. The van der Waals surface area contributed by atoms with E-state index in [1.807, 2.05) is 34.9 Å². The zero-order chi connectivity index (χ0) is 27.4. The highest BCUT2D eigenvalue weighted by atomic mass is 79.9. The SMILES string of the molecule is C[N+](C)(Cc1ccccc1)c1ccc(CNC(=O)c2cc3cc(F)ccc3n2Cc2cccc(C#N)c2)cc1.[Br-]. The van der Waals surface area contributed by atoms with Gasteiger partial charge in [0.15, 0.2) is 0 Å². The predicted molar refractivity (Wildman–Crippen MR) is 154 cm³/mol. The molecule has 1 aromatic heterocycles. The van der Waals surface area contributed by atoms with Crippen LogP contribution in [-0.2, 0) is 19.6 Å². The Hall–Kier alpha value is -4.25. The fourth-order valence-corrected chi connectivity index (χ4v) is 4.94. The number of hydrogen-bond acceptors (Lipinski definition) is 2. The van der Waals surface area contributed by atoms with Crippen LogP contribution < -0.4 is 26.8 Å². The lowest BCUT2D eigenvalue weighted by Gasteiger charge is -2.29. The number of fused-ring (bicyclic) bond motifs is 1. The third-order valence-electron chi connectivity index (χ3n) is 7.00. The standard InChI is InChI=1S/C33H29FN4O.BrH/c1-38(2,23-25-7-4-3-5-8-25)30-14-11-24(12-15-30)21-36-33(39)32-19-28-18-29(34)13-16-31(28)37(32)22-27-10-6-9-26(17-27)20-35;/h3-19H,21-23H2,1-2H3;1H. The summed E-state index contributed by atoms with van der Waals surface area (Å²) in [6, 6.07) is 34.4. The van der Waals surface area contributed by atoms with E-state index in [1.54, 1.807) is 24.3 Å². The number of nitrogens with zero attached hydrogens (tertiary/aromatic N) is 3.